The van der Waals surface area contributed by atoms with Crippen molar-refractivity contribution in [2.45, 2.75) is 19.9 Å². The van der Waals surface area contributed by atoms with Gasteiger partial charge in [0.25, 0.3) is 0 Å². The van der Waals surface area contributed by atoms with Crippen LogP contribution >= 0.6 is 0 Å². The third-order valence-corrected chi connectivity index (χ3v) is 1.60. The largest absolute Gasteiger partial charge is 0.421 e. The third-order valence-electron chi connectivity index (χ3n) is 1.60. The summed E-state index contributed by atoms with van der Waals surface area (Å²) < 4.78 is 5.39. The number of aromatic nitrogens is 2. The van der Waals surface area contributed by atoms with Crippen LogP contribution in [0, 0.1) is 0 Å². The van der Waals surface area contributed by atoms with E-state index in [2.05, 4.69) is 15.3 Å². The van der Waals surface area contributed by atoms with Crippen LogP contribution in [0.2, 0.25) is 0 Å². The van der Waals surface area contributed by atoms with Crippen LogP contribution in [-0.4, -0.2) is 16.0 Å². The van der Waals surface area contributed by atoms with Crippen molar-refractivity contribution in [2.75, 3.05) is 5.32 Å². The number of fused-ring (bicyclic) bond motifs is 1. The highest BCUT2D eigenvalue weighted by Gasteiger charge is 2.04. The van der Waals surface area contributed by atoms with E-state index in [0.29, 0.717) is 11.8 Å². The fourth-order valence-electron chi connectivity index (χ4n) is 1.13. The molecule has 0 unspecified atom stereocenters. The Balaban J connectivity index is 2.38. The molecule has 2 rings (SSSR count). The zero-order chi connectivity index (χ0) is 9.26. The Kier molecular flexibility index (Phi) is 1.88. The first-order chi connectivity index (χ1) is 6.25. The molecule has 2 heterocycles. The van der Waals surface area contributed by atoms with Crippen molar-refractivity contribution in [2.24, 2.45) is 0 Å². The lowest BCUT2D eigenvalue weighted by molar-refractivity contribution is 0.605. The molecule has 2 aromatic rings. The van der Waals surface area contributed by atoms with Crippen LogP contribution in [0.3, 0.4) is 0 Å². The van der Waals surface area contributed by atoms with Crippen LogP contribution in [0.1, 0.15) is 13.8 Å². The summed E-state index contributed by atoms with van der Waals surface area (Å²) in [5.41, 5.74) is 1.36. The van der Waals surface area contributed by atoms with Gasteiger partial charge in [-0.25, -0.2) is 9.97 Å². The van der Waals surface area contributed by atoms with Crippen LogP contribution in [-0.2, 0) is 0 Å². The number of rotatable bonds is 2. The molecule has 0 aliphatic rings. The van der Waals surface area contributed by atoms with Crippen LogP contribution in [0.5, 0.6) is 0 Å². The Morgan fingerprint density at radius 3 is 2.77 bits per heavy atom. The van der Waals surface area contributed by atoms with Gasteiger partial charge in [0.1, 0.15) is 5.52 Å². The number of hydrogen-bond acceptors (Lipinski definition) is 4. The highest BCUT2D eigenvalue weighted by Crippen LogP contribution is 2.18. The molecule has 0 aliphatic carbocycles. The summed E-state index contributed by atoms with van der Waals surface area (Å²) >= 11 is 0. The first-order valence-electron chi connectivity index (χ1n) is 4.23. The minimum atomic E-state index is 0.348. The van der Waals surface area contributed by atoms with Gasteiger partial charge in [0.2, 0.25) is 5.71 Å². The second-order valence-corrected chi connectivity index (χ2v) is 3.16. The molecular formula is C9H11N3O. The Labute approximate surface area is 76.0 Å². The monoisotopic (exact) mass is 177 g/mol. The second kappa shape index (κ2) is 3.05. The molecule has 0 saturated heterocycles. The maximum Gasteiger partial charge on any atom is 0.247 e. The Bertz CT molecular complexity index is 375. The first-order valence-corrected chi connectivity index (χ1v) is 4.23. The Morgan fingerprint density at radius 1 is 1.31 bits per heavy atom. The van der Waals surface area contributed by atoms with E-state index in [1.807, 2.05) is 19.9 Å². The molecule has 0 atom stereocenters. The topological polar surface area (TPSA) is 51.0 Å². The van der Waals surface area contributed by atoms with Gasteiger partial charge in [0.05, 0.1) is 0 Å². The minimum Gasteiger partial charge on any atom is -0.421 e. The molecule has 1 N–H and O–H groups in total. The number of nitrogens with one attached hydrogen (secondary N) is 1. The first kappa shape index (κ1) is 8.04. The van der Waals surface area contributed by atoms with Crippen molar-refractivity contribution in [3.63, 3.8) is 0 Å². The fourth-order valence-corrected chi connectivity index (χ4v) is 1.13. The molecule has 0 bridgehead atoms. The number of anilines is 1. The number of furan rings is 1. The summed E-state index contributed by atoms with van der Waals surface area (Å²) in [6.45, 7) is 4.10. The van der Waals surface area contributed by atoms with Gasteiger partial charge < -0.3 is 9.73 Å². The number of nitrogens with zero attached hydrogens (tertiary/aromatic N) is 2. The van der Waals surface area contributed by atoms with Crippen LogP contribution in [0.25, 0.3) is 11.2 Å². The van der Waals surface area contributed by atoms with Gasteiger partial charge in [-0.05, 0) is 13.8 Å². The molecule has 0 spiro atoms. The van der Waals surface area contributed by atoms with Gasteiger partial charge in [-0.2, -0.15) is 0 Å². The fraction of sp³-hybridized carbons (Fsp3) is 0.333. The van der Waals surface area contributed by atoms with Crippen LogP contribution in [0.15, 0.2) is 22.9 Å². The smallest absolute Gasteiger partial charge is 0.247 e. The third kappa shape index (κ3) is 1.61. The van der Waals surface area contributed by atoms with Crippen molar-refractivity contribution < 1.29 is 4.42 Å². The van der Waals surface area contributed by atoms with Crippen molar-refractivity contribution in [1.82, 2.24) is 9.97 Å². The average molecular weight is 177 g/mol. The molecular weight excluding hydrogens is 166 g/mol. The lowest BCUT2D eigenvalue weighted by atomic mass is 10.4. The Hall–Kier alpha value is -1.58. The van der Waals surface area contributed by atoms with E-state index in [4.69, 9.17) is 4.42 Å². The highest BCUT2D eigenvalue weighted by atomic mass is 16.4. The second-order valence-electron chi connectivity index (χ2n) is 3.16. The molecule has 0 aromatic carbocycles. The van der Waals surface area contributed by atoms with Crippen molar-refractivity contribution >= 4 is 17.1 Å². The lowest BCUT2D eigenvalue weighted by Gasteiger charge is -2.03. The average Bonchev–Trinajstić information content (AvgIpc) is 2.44. The molecule has 0 amide bonds. The van der Waals surface area contributed by atoms with Crippen LogP contribution < -0.4 is 5.32 Å². The molecule has 0 saturated carbocycles. The van der Waals surface area contributed by atoms with Crippen molar-refractivity contribution in [3.8, 4) is 0 Å². The predicted molar refractivity (Wildman–Crippen MR) is 50.6 cm³/mol. The maximum absolute atomic E-state index is 5.39. The molecule has 4 heteroatoms. The molecule has 0 fully saturated rings. The molecule has 0 aliphatic heterocycles. The van der Waals surface area contributed by atoms with E-state index in [9.17, 15) is 0 Å². The van der Waals surface area contributed by atoms with Crippen molar-refractivity contribution in [3.05, 3.63) is 18.5 Å². The summed E-state index contributed by atoms with van der Waals surface area (Å²) in [5.74, 6) is 0.719. The maximum atomic E-state index is 5.39. The van der Waals surface area contributed by atoms with Gasteiger partial charge in [-0.1, -0.05) is 0 Å². The molecule has 4 nitrogen and oxygen atoms in total. The minimum absolute atomic E-state index is 0.348. The summed E-state index contributed by atoms with van der Waals surface area (Å²) in [6.07, 6.45) is 3.27. The summed E-state index contributed by atoms with van der Waals surface area (Å²) in [4.78, 5) is 8.15. The molecule has 2 aromatic heterocycles. The quantitative estimate of drug-likeness (QED) is 0.762. The Morgan fingerprint density at radius 2 is 2.08 bits per heavy atom. The van der Waals surface area contributed by atoms with E-state index in [1.165, 1.54) is 0 Å². The zero-order valence-corrected chi connectivity index (χ0v) is 7.61. The van der Waals surface area contributed by atoms with Gasteiger partial charge in [0, 0.05) is 24.5 Å². The van der Waals surface area contributed by atoms with E-state index in [-0.39, 0.29) is 0 Å². The lowest BCUT2D eigenvalue weighted by Crippen LogP contribution is -2.08. The predicted octanol–water partition coefficient (Wildman–Crippen LogP) is 2.04. The number of hydrogen-bond donors (Lipinski definition) is 1. The molecule has 13 heavy (non-hydrogen) atoms. The van der Waals surface area contributed by atoms with Crippen LogP contribution in [0.4, 0.5) is 5.88 Å². The van der Waals surface area contributed by atoms with E-state index in [1.54, 1.807) is 12.4 Å². The molecule has 68 valence electrons. The summed E-state index contributed by atoms with van der Waals surface area (Å²) in [7, 11) is 0. The summed E-state index contributed by atoms with van der Waals surface area (Å²) in [6, 6.07) is 2.20. The normalized spacial score (nSPS) is 11.0. The van der Waals surface area contributed by atoms with Gasteiger partial charge in [-0.3, -0.25) is 0 Å². The van der Waals surface area contributed by atoms with Gasteiger partial charge >= 0.3 is 0 Å². The molecule has 0 radical (unpaired) electrons. The zero-order valence-electron chi connectivity index (χ0n) is 7.61. The van der Waals surface area contributed by atoms with E-state index < -0.39 is 0 Å². The van der Waals surface area contributed by atoms with E-state index >= 15 is 0 Å². The van der Waals surface area contributed by atoms with Gasteiger partial charge in [0.15, 0.2) is 5.88 Å². The SMILES string of the molecule is CC(C)Nc1cc2nccnc2o1. The summed E-state index contributed by atoms with van der Waals surface area (Å²) in [5, 5.41) is 3.15. The standard InChI is InChI=1S/C9H11N3O/c1-6(2)12-8-5-7-9(13-8)11-4-3-10-7/h3-6,12H,1-2H3. The van der Waals surface area contributed by atoms with Crippen molar-refractivity contribution in [1.29, 1.82) is 0 Å². The van der Waals surface area contributed by atoms with E-state index in [0.717, 1.165) is 11.4 Å². The van der Waals surface area contributed by atoms with Gasteiger partial charge in [-0.15, -0.1) is 0 Å². The highest BCUT2D eigenvalue weighted by molar-refractivity contribution is 5.72.